The Labute approximate surface area is 166 Å². The van der Waals surface area contributed by atoms with Gasteiger partial charge in [0.25, 0.3) is 5.91 Å². The van der Waals surface area contributed by atoms with Crippen molar-refractivity contribution in [3.05, 3.63) is 64.7 Å². The second kappa shape index (κ2) is 8.18. The van der Waals surface area contributed by atoms with Crippen LogP contribution in [0.15, 0.2) is 42.7 Å². The molecule has 28 heavy (non-hydrogen) atoms. The Balaban J connectivity index is 1.66. The van der Waals surface area contributed by atoms with Crippen LogP contribution in [0.2, 0.25) is 5.02 Å². The molecule has 0 aliphatic carbocycles. The number of rotatable bonds is 5. The van der Waals surface area contributed by atoms with Crippen molar-refractivity contribution in [3.8, 4) is 5.69 Å². The van der Waals surface area contributed by atoms with E-state index in [9.17, 15) is 9.59 Å². The largest absolute Gasteiger partial charge is 0.449 e. The maximum atomic E-state index is 12.3. The highest BCUT2D eigenvalue weighted by Crippen LogP contribution is 2.22. The van der Waals surface area contributed by atoms with Gasteiger partial charge in [-0.05, 0) is 51.1 Å². The van der Waals surface area contributed by atoms with Crippen LogP contribution in [0.1, 0.15) is 28.7 Å². The van der Waals surface area contributed by atoms with Crippen LogP contribution in [0.25, 0.3) is 5.69 Å². The van der Waals surface area contributed by atoms with E-state index in [0.717, 1.165) is 17.1 Å². The minimum Gasteiger partial charge on any atom is -0.449 e. The number of nitrogens with one attached hydrogen (secondary N) is 1. The number of esters is 1. The third kappa shape index (κ3) is 4.17. The zero-order valence-electron chi connectivity index (χ0n) is 15.5. The van der Waals surface area contributed by atoms with Gasteiger partial charge in [0.1, 0.15) is 0 Å². The van der Waals surface area contributed by atoms with Crippen LogP contribution in [0, 0.1) is 13.8 Å². The molecule has 0 radical (unpaired) electrons. The van der Waals surface area contributed by atoms with Crippen molar-refractivity contribution in [2.24, 2.45) is 0 Å². The van der Waals surface area contributed by atoms with Crippen molar-refractivity contribution >= 4 is 29.4 Å². The first kappa shape index (κ1) is 19.5. The average Bonchev–Trinajstić information content (AvgIpc) is 2.96. The summed E-state index contributed by atoms with van der Waals surface area (Å²) in [6.45, 7) is 5.16. The molecule has 3 rings (SSSR count). The maximum absolute atomic E-state index is 12.3. The molecule has 1 unspecified atom stereocenters. The smallest absolute Gasteiger partial charge is 0.338 e. The lowest BCUT2D eigenvalue weighted by atomic mass is 10.2. The predicted octanol–water partition coefficient (Wildman–Crippen LogP) is 3.12. The Kier molecular flexibility index (Phi) is 5.70. The molecule has 8 nitrogen and oxygen atoms in total. The number of hydrogen-bond acceptors (Lipinski definition) is 6. The SMILES string of the molecule is Cc1nn(-c2ccc(C(=O)OC(C)C(=O)Nc3ncccn3)cc2)c(C)c1Cl. The monoisotopic (exact) mass is 399 g/mol. The Morgan fingerprint density at radius 2 is 1.79 bits per heavy atom. The lowest BCUT2D eigenvalue weighted by Crippen LogP contribution is -2.30. The number of hydrogen-bond donors (Lipinski definition) is 1. The Morgan fingerprint density at radius 3 is 2.36 bits per heavy atom. The van der Waals surface area contributed by atoms with Gasteiger partial charge in [0.15, 0.2) is 6.10 Å². The number of carbonyl (C=O) groups is 2. The molecule has 0 fully saturated rings. The van der Waals surface area contributed by atoms with Gasteiger partial charge in [0.05, 0.1) is 27.7 Å². The molecular formula is C19H18ClN5O3. The van der Waals surface area contributed by atoms with Crippen LogP contribution in [0.4, 0.5) is 5.95 Å². The van der Waals surface area contributed by atoms with Crippen LogP contribution in [-0.4, -0.2) is 37.7 Å². The second-order valence-corrected chi connectivity index (χ2v) is 6.43. The van der Waals surface area contributed by atoms with Crippen molar-refractivity contribution < 1.29 is 14.3 Å². The number of benzene rings is 1. The van der Waals surface area contributed by atoms with Crippen molar-refractivity contribution in [3.63, 3.8) is 0 Å². The van der Waals surface area contributed by atoms with E-state index in [1.807, 2.05) is 13.8 Å². The zero-order chi connectivity index (χ0) is 20.3. The van der Waals surface area contributed by atoms with Crippen molar-refractivity contribution in [1.82, 2.24) is 19.7 Å². The van der Waals surface area contributed by atoms with Crippen LogP contribution >= 0.6 is 11.6 Å². The van der Waals surface area contributed by atoms with Gasteiger partial charge < -0.3 is 4.74 Å². The Morgan fingerprint density at radius 1 is 1.14 bits per heavy atom. The molecule has 1 amide bonds. The van der Waals surface area contributed by atoms with Gasteiger partial charge in [-0.1, -0.05) is 11.6 Å². The first-order chi connectivity index (χ1) is 13.4. The van der Waals surface area contributed by atoms with Gasteiger partial charge in [-0.25, -0.2) is 19.4 Å². The summed E-state index contributed by atoms with van der Waals surface area (Å²) < 4.78 is 6.91. The summed E-state index contributed by atoms with van der Waals surface area (Å²) in [6, 6.07) is 8.30. The van der Waals surface area contributed by atoms with E-state index < -0.39 is 18.0 Å². The van der Waals surface area contributed by atoms with Crippen molar-refractivity contribution in [2.75, 3.05) is 5.32 Å². The molecule has 0 spiro atoms. The van der Waals surface area contributed by atoms with E-state index in [1.54, 1.807) is 35.0 Å². The quantitative estimate of drug-likeness (QED) is 0.662. The van der Waals surface area contributed by atoms with E-state index >= 15 is 0 Å². The maximum Gasteiger partial charge on any atom is 0.338 e. The minimum absolute atomic E-state index is 0.142. The highest BCUT2D eigenvalue weighted by Gasteiger charge is 2.20. The topological polar surface area (TPSA) is 99.0 Å². The molecule has 144 valence electrons. The van der Waals surface area contributed by atoms with Gasteiger partial charge >= 0.3 is 5.97 Å². The molecule has 9 heteroatoms. The number of ether oxygens (including phenoxy) is 1. The van der Waals surface area contributed by atoms with Gasteiger partial charge in [-0.15, -0.1) is 0 Å². The summed E-state index contributed by atoms with van der Waals surface area (Å²) in [5.74, 6) is -0.994. The third-order valence-corrected chi connectivity index (χ3v) is 4.55. The second-order valence-electron chi connectivity index (χ2n) is 6.05. The first-order valence-electron chi connectivity index (χ1n) is 8.48. The molecular weight excluding hydrogens is 382 g/mol. The lowest BCUT2D eigenvalue weighted by molar-refractivity contribution is -0.123. The van der Waals surface area contributed by atoms with Gasteiger partial charge in [-0.2, -0.15) is 5.10 Å². The van der Waals surface area contributed by atoms with Gasteiger partial charge in [0, 0.05) is 12.4 Å². The predicted molar refractivity (Wildman–Crippen MR) is 104 cm³/mol. The lowest BCUT2D eigenvalue weighted by Gasteiger charge is -2.13. The van der Waals surface area contributed by atoms with E-state index in [1.165, 1.54) is 19.3 Å². The van der Waals surface area contributed by atoms with E-state index in [-0.39, 0.29) is 5.95 Å². The fraction of sp³-hybridized carbons (Fsp3) is 0.211. The molecule has 0 saturated carbocycles. The average molecular weight is 400 g/mol. The van der Waals surface area contributed by atoms with E-state index in [0.29, 0.717) is 10.6 Å². The number of anilines is 1. The third-order valence-electron chi connectivity index (χ3n) is 4.00. The highest BCUT2D eigenvalue weighted by molar-refractivity contribution is 6.31. The molecule has 1 atom stereocenters. The minimum atomic E-state index is -1.01. The summed E-state index contributed by atoms with van der Waals surface area (Å²) in [6.07, 6.45) is 1.99. The fourth-order valence-electron chi connectivity index (χ4n) is 2.47. The highest BCUT2D eigenvalue weighted by atomic mass is 35.5. The number of nitrogens with zero attached hydrogens (tertiary/aromatic N) is 4. The number of aromatic nitrogens is 4. The normalized spacial score (nSPS) is 11.7. The molecule has 0 bridgehead atoms. The molecule has 0 saturated heterocycles. The van der Waals surface area contributed by atoms with Gasteiger partial charge in [0.2, 0.25) is 5.95 Å². The molecule has 2 heterocycles. The molecule has 2 aromatic heterocycles. The van der Waals surface area contributed by atoms with E-state index in [2.05, 4.69) is 20.4 Å². The fourth-order valence-corrected chi connectivity index (χ4v) is 2.59. The Hall–Kier alpha value is -3.26. The number of carbonyl (C=O) groups excluding carboxylic acids is 2. The number of halogens is 1. The number of aryl methyl sites for hydroxylation is 1. The van der Waals surface area contributed by atoms with Crippen LogP contribution in [-0.2, 0) is 9.53 Å². The molecule has 1 N–H and O–H groups in total. The molecule has 1 aromatic carbocycles. The summed E-state index contributed by atoms with van der Waals surface area (Å²) in [5.41, 5.74) is 2.61. The summed E-state index contributed by atoms with van der Waals surface area (Å²) in [4.78, 5) is 32.2. The summed E-state index contributed by atoms with van der Waals surface area (Å²) >= 11 is 6.17. The molecule has 0 aliphatic rings. The van der Waals surface area contributed by atoms with Crippen LogP contribution < -0.4 is 5.32 Å². The molecule has 3 aromatic rings. The summed E-state index contributed by atoms with van der Waals surface area (Å²) in [5, 5.41) is 7.45. The van der Waals surface area contributed by atoms with Crippen LogP contribution in [0.5, 0.6) is 0 Å². The van der Waals surface area contributed by atoms with Crippen molar-refractivity contribution in [1.29, 1.82) is 0 Å². The van der Waals surface area contributed by atoms with Gasteiger partial charge in [-0.3, -0.25) is 10.1 Å². The first-order valence-corrected chi connectivity index (χ1v) is 8.85. The van der Waals surface area contributed by atoms with Crippen molar-refractivity contribution in [2.45, 2.75) is 26.9 Å². The molecule has 0 aliphatic heterocycles. The standard InChI is InChI=1S/C19H18ClN5O3/c1-11-16(20)12(2)25(24-11)15-7-5-14(6-8-15)18(27)28-13(3)17(26)23-19-21-9-4-10-22-19/h4-10,13H,1-3H3,(H,21,22,23,26). The summed E-state index contributed by atoms with van der Waals surface area (Å²) in [7, 11) is 0. The zero-order valence-corrected chi connectivity index (χ0v) is 16.3. The van der Waals surface area contributed by atoms with E-state index in [4.69, 9.17) is 16.3 Å². The Bertz CT molecular complexity index is 1000. The van der Waals surface area contributed by atoms with Crippen LogP contribution in [0.3, 0.4) is 0 Å². The number of amides is 1.